The van der Waals surface area contributed by atoms with Crippen molar-refractivity contribution in [1.29, 1.82) is 0 Å². The van der Waals surface area contributed by atoms with E-state index in [9.17, 15) is 8.42 Å². The van der Waals surface area contributed by atoms with Crippen LogP contribution in [0.5, 0.6) is 0 Å². The molecule has 0 radical (unpaired) electrons. The van der Waals surface area contributed by atoms with Gasteiger partial charge in [-0.1, -0.05) is 61.5 Å². The quantitative estimate of drug-likeness (QED) is 0.732. The molecular formula is C20H19NO2S. The minimum absolute atomic E-state index is 0.253. The van der Waals surface area contributed by atoms with Crippen molar-refractivity contribution in [2.75, 3.05) is 4.72 Å². The third-order valence-corrected chi connectivity index (χ3v) is 5.26. The van der Waals surface area contributed by atoms with Gasteiger partial charge in [0, 0.05) is 5.56 Å². The molecule has 0 fully saturated rings. The van der Waals surface area contributed by atoms with Gasteiger partial charge >= 0.3 is 0 Å². The van der Waals surface area contributed by atoms with Gasteiger partial charge in [-0.05, 0) is 41.8 Å². The van der Waals surface area contributed by atoms with Crippen molar-refractivity contribution in [3.8, 4) is 11.1 Å². The first-order chi connectivity index (χ1) is 11.6. The zero-order valence-corrected chi connectivity index (χ0v) is 14.3. The summed E-state index contributed by atoms with van der Waals surface area (Å²) < 4.78 is 28.0. The lowest BCUT2D eigenvalue weighted by Crippen LogP contribution is -2.13. The summed E-state index contributed by atoms with van der Waals surface area (Å²) in [6.45, 7) is 2.08. The maximum absolute atomic E-state index is 12.6. The number of aryl methyl sites for hydroxylation is 1. The number of nitrogens with one attached hydrogen (secondary N) is 1. The van der Waals surface area contributed by atoms with Crippen molar-refractivity contribution >= 4 is 15.7 Å². The average Bonchev–Trinajstić information content (AvgIpc) is 2.63. The van der Waals surface area contributed by atoms with Gasteiger partial charge in [0.25, 0.3) is 10.0 Å². The van der Waals surface area contributed by atoms with E-state index in [4.69, 9.17) is 0 Å². The third kappa shape index (κ3) is 3.49. The maximum atomic E-state index is 12.6. The third-order valence-electron chi connectivity index (χ3n) is 3.87. The number of benzene rings is 3. The van der Waals surface area contributed by atoms with Crippen LogP contribution in [0.25, 0.3) is 11.1 Å². The summed E-state index contributed by atoms with van der Waals surface area (Å²) in [7, 11) is -3.61. The van der Waals surface area contributed by atoms with Crippen LogP contribution in [-0.4, -0.2) is 8.42 Å². The largest absolute Gasteiger partial charge is 0.279 e. The standard InChI is InChI=1S/C20H19NO2S/c1-2-16-13-14-20(19(15-16)17-9-5-3-6-10-17)21-24(22,23)18-11-7-4-8-12-18/h3-15,21H,2H2,1H3. The molecule has 0 aliphatic rings. The molecule has 1 N–H and O–H groups in total. The normalized spacial score (nSPS) is 11.2. The highest BCUT2D eigenvalue weighted by Crippen LogP contribution is 2.31. The molecule has 24 heavy (non-hydrogen) atoms. The van der Waals surface area contributed by atoms with Crippen LogP contribution in [0, 0.1) is 0 Å². The second-order valence-electron chi connectivity index (χ2n) is 5.52. The summed E-state index contributed by atoms with van der Waals surface area (Å²) >= 11 is 0. The molecule has 0 atom stereocenters. The van der Waals surface area contributed by atoms with E-state index in [2.05, 4.69) is 11.6 Å². The zero-order chi connectivity index (χ0) is 17.0. The molecule has 3 aromatic carbocycles. The Morgan fingerprint density at radius 3 is 2.08 bits per heavy atom. The van der Waals surface area contributed by atoms with Gasteiger partial charge in [0.2, 0.25) is 0 Å². The van der Waals surface area contributed by atoms with Gasteiger partial charge in [0.15, 0.2) is 0 Å². The van der Waals surface area contributed by atoms with Crippen LogP contribution in [0.4, 0.5) is 5.69 Å². The lowest BCUT2D eigenvalue weighted by Gasteiger charge is -2.14. The Kier molecular flexibility index (Phi) is 4.67. The predicted octanol–water partition coefficient (Wildman–Crippen LogP) is 4.72. The van der Waals surface area contributed by atoms with Crippen LogP contribution in [-0.2, 0) is 16.4 Å². The van der Waals surface area contributed by atoms with Crippen molar-refractivity contribution in [3.63, 3.8) is 0 Å². The zero-order valence-electron chi connectivity index (χ0n) is 13.4. The van der Waals surface area contributed by atoms with Gasteiger partial charge in [-0.15, -0.1) is 0 Å². The summed E-state index contributed by atoms with van der Waals surface area (Å²) in [6, 6.07) is 24.0. The van der Waals surface area contributed by atoms with E-state index in [0.717, 1.165) is 23.1 Å². The van der Waals surface area contributed by atoms with Crippen LogP contribution < -0.4 is 4.72 Å². The van der Waals surface area contributed by atoms with E-state index in [0.29, 0.717) is 5.69 Å². The van der Waals surface area contributed by atoms with Crippen LogP contribution in [0.1, 0.15) is 12.5 Å². The van der Waals surface area contributed by atoms with E-state index < -0.39 is 10.0 Å². The highest BCUT2D eigenvalue weighted by atomic mass is 32.2. The first kappa shape index (κ1) is 16.3. The monoisotopic (exact) mass is 337 g/mol. The molecule has 0 bridgehead atoms. The minimum atomic E-state index is -3.61. The second kappa shape index (κ2) is 6.89. The van der Waals surface area contributed by atoms with Gasteiger partial charge in [0.1, 0.15) is 0 Å². The van der Waals surface area contributed by atoms with Crippen LogP contribution in [0.3, 0.4) is 0 Å². The molecule has 0 saturated heterocycles. The van der Waals surface area contributed by atoms with Crippen molar-refractivity contribution in [2.45, 2.75) is 18.2 Å². The number of hydrogen-bond acceptors (Lipinski definition) is 2. The van der Waals surface area contributed by atoms with E-state index in [-0.39, 0.29) is 4.90 Å². The minimum Gasteiger partial charge on any atom is -0.279 e. The fraction of sp³-hybridized carbons (Fsp3) is 0.100. The molecule has 0 aliphatic carbocycles. The molecule has 0 amide bonds. The lowest BCUT2D eigenvalue weighted by molar-refractivity contribution is 0.601. The Morgan fingerprint density at radius 1 is 0.833 bits per heavy atom. The van der Waals surface area contributed by atoms with Crippen molar-refractivity contribution in [1.82, 2.24) is 0 Å². The predicted molar refractivity (Wildman–Crippen MR) is 98.5 cm³/mol. The maximum Gasteiger partial charge on any atom is 0.261 e. The van der Waals surface area contributed by atoms with E-state index in [1.165, 1.54) is 0 Å². The van der Waals surface area contributed by atoms with Crippen LogP contribution in [0.2, 0.25) is 0 Å². The van der Waals surface area contributed by atoms with E-state index in [1.54, 1.807) is 30.3 Å². The Bertz CT molecular complexity index is 920. The summed E-state index contributed by atoms with van der Waals surface area (Å²) in [5.74, 6) is 0. The Morgan fingerprint density at radius 2 is 1.46 bits per heavy atom. The molecule has 3 nitrogen and oxygen atoms in total. The SMILES string of the molecule is CCc1ccc(NS(=O)(=O)c2ccccc2)c(-c2ccccc2)c1. The molecule has 0 unspecified atom stereocenters. The second-order valence-corrected chi connectivity index (χ2v) is 7.20. The van der Waals surface area contributed by atoms with Crippen LogP contribution in [0.15, 0.2) is 83.8 Å². The molecule has 3 aromatic rings. The van der Waals surface area contributed by atoms with Crippen molar-refractivity contribution in [3.05, 3.63) is 84.4 Å². The summed E-state index contributed by atoms with van der Waals surface area (Å²) in [5, 5.41) is 0. The average molecular weight is 337 g/mol. The Hall–Kier alpha value is -2.59. The van der Waals surface area contributed by atoms with E-state index >= 15 is 0 Å². The molecule has 3 rings (SSSR count). The van der Waals surface area contributed by atoms with Crippen molar-refractivity contribution in [2.24, 2.45) is 0 Å². The topological polar surface area (TPSA) is 46.2 Å². The lowest BCUT2D eigenvalue weighted by atomic mass is 10.0. The summed E-state index contributed by atoms with van der Waals surface area (Å²) in [5.41, 5.74) is 3.62. The van der Waals surface area contributed by atoms with Gasteiger partial charge in [-0.25, -0.2) is 8.42 Å². The molecule has 122 valence electrons. The summed E-state index contributed by atoms with van der Waals surface area (Å²) in [4.78, 5) is 0.253. The Labute approximate surface area is 143 Å². The molecule has 0 saturated carbocycles. The fourth-order valence-corrected chi connectivity index (χ4v) is 3.66. The Balaban J connectivity index is 2.05. The van der Waals surface area contributed by atoms with Crippen LogP contribution >= 0.6 is 0 Å². The van der Waals surface area contributed by atoms with Gasteiger partial charge in [-0.3, -0.25) is 4.72 Å². The van der Waals surface area contributed by atoms with Crippen molar-refractivity contribution < 1.29 is 8.42 Å². The summed E-state index contributed by atoms with van der Waals surface area (Å²) in [6.07, 6.45) is 0.894. The first-order valence-electron chi connectivity index (χ1n) is 7.86. The molecule has 0 aromatic heterocycles. The smallest absolute Gasteiger partial charge is 0.261 e. The molecule has 0 heterocycles. The van der Waals surface area contributed by atoms with E-state index in [1.807, 2.05) is 48.5 Å². The highest BCUT2D eigenvalue weighted by molar-refractivity contribution is 7.92. The first-order valence-corrected chi connectivity index (χ1v) is 9.34. The van der Waals surface area contributed by atoms with Gasteiger partial charge in [0.05, 0.1) is 10.6 Å². The molecule has 4 heteroatoms. The number of sulfonamides is 1. The molecule has 0 aliphatic heterocycles. The number of anilines is 1. The highest BCUT2D eigenvalue weighted by Gasteiger charge is 2.16. The van der Waals surface area contributed by atoms with Gasteiger partial charge < -0.3 is 0 Å². The molecule has 0 spiro atoms. The van der Waals surface area contributed by atoms with Gasteiger partial charge in [-0.2, -0.15) is 0 Å². The fourth-order valence-electron chi connectivity index (χ4n) is 2.56. The molecular weight excluding hydrogens is 318 g/mol. The number of hydrogen-bond donors (Lipinski definition) is 1. The number of rotatable bonds is 5.